The summed E-state index contributed by atoms with van der Waals surface area (Å²) in [6, 6.07) is 3.26. The summed E-state index contributed by atoms with van der Waals surface area (Å²) in [5.74, 6) is -1.21. The number of nitrogens with zero attached hydrogens (tertiary/aromatic N) is 1. The number of hydrogen-bond donors (Lipinski definition) is 2. The second-order valence-corrected chi connectivity index (χ2v) is 4.13. The third-order valence-electron chi connectivity index (χ3n) is 2.47. The Kier molecular flexibility index (Phi) is 5.37. The van der Waals surface area contributed by atoms with Crippen molar-refractivity contribution in [2.24, 2.45) is 0 Å². The van der Waals surface area contributed by atoms with E-state index in [-0.39, 0.29) is 24.1 Å². The predicted octanol–water partition coefficient (Wildman–Crippen LogP) is 2.06. The van der Waals surface area contributed by atoms with E-state index in [1.165, 1.54) is 6.07 Å². The third-order valence-corrected chi connectivity index (χ3v) is 2.47. The first kappa shape index (κ1) is 15.0. The van der Waals surface area contributed by atoms with Gasteiger partial charge in [0.2, 0.25) is 11.7 Å². The maximum Gasteiger partial charge on any atom is 0.306 e. The van der Waals surface area contributed by atoms with Gasteiger partial charge < -0.3 is 10.6 Å². The number of carbonyl (C=O) groups is 1. The van der Waals surface area contributed by atoms with Crippen molar-refractivity contribution in [3.05, 3.63) is 34.1 Å². The smallest absolute Gasteiger partial charge is 0.306 e. The molecule has 0 fully saturated rings. The van der Waals surface area contributed by atoms with Crippen LogP contribution in [0.2, 0.25) is 0 Å². The van der Waals surface area contributed by atoms with Gasteiger partial charge in [-0.2, -0.15) is 4.39 Å². The molecular weight excluding hydrogens is 253 g/mol. The molecule has 0 saturated heterocycles. The molecular formula is C12H16FN3O3. The summed E-state index contributed by atoms with van der Waals surface area (Å²) in [4.78, 5) is 21.4. The summed E-state index contributed by atoms with van der Waals surface area (Å²) in [6.45, 7) is 4.53. The number of amides is 1. The van der Waals surface area contributed by atoms with Crippen LogP contribution >= 0.6 is 0 Å². The van der Waals surface area contributed by atoms with Gasteiger partial charge in [0.25, 0.3) is 0 Å². The van der Waals surface area contributed by atoms with Gasteiger partial charge in [0.1, 0.15) is 0 Å². The second kappa shape index (κ2) is 6.79. The summed E-state index contributed by atoms with van der Waals surface area (Å²) in [6.07, 6.45) is 0.235. The molecule has 1 unspecified atom stereocenters. The highest BCUT2D eigenvalue weighted by Gasteiger charge is 2.15. The lowest BCUT2D eigenvalue weighted by molar-refractivity contribution is -0.387. The minimum atomic E-state index is -0.927. The Balaban J connectivity index is 2.69. The SMILES string of the molecule is CCNC(C)CC(=O)Nc1ccc(F)c([N+](=O)[O-])c1. The minimum Gasteiger partial charge on any atom is -0.326 e. The van der Waals surface area contributed by atoms with E-state index >= 15 is 0 Å². The lowest BCUT2D eigenvalue weighted by Crippen LogP contribution is -2.30. The van der Waals surface area contributed by atoms with Crippen molar-refractivity contribution in [3.8, 4) is 0 Å². The van der Waals surface area contributed by atoms with Gasteiger partial charge >= 0.3 is 5.69 Å². The third kappa shape index (κ3) is 4.63. The number of rotatable bonds is 6. The Morgan fingerprint density at radius 3 is 2.79 bits per heavy atom. The van der Waals surface area contributed by atoms with Gasteiger partial charge in [-0.25, -0.2) is 0 Å². The highest BCUT2D eigenvalue weighted by molar-refractivity contribution is 5.91. The molecule has 7 heteroatoms. The van der Waals surface area contributed by atoms with Gasteiger partial charge in [-0.1, -0.05) is 6.92 Å². The summed E-state index contributed by atoms with van der Waals surface area (Å²) < 4.78 is 13.1. The molecule has 1 amide bonds. The molecule has 0 aliphatic carbocycles. The van der Waals surface area contributed by atoms with Crippen LogP contribution in [0.5, 0.6) is 0 Å². The molecule has 1 aromatic rings. The van der Waals surface area contributed by atoms with Gasteiger partial charge in [0.05, 0.1) is 4.92 Å². The van der Waals surface area contributed by atoms with Crippen molar-refractivity contribution < 1.29 is 14.1 Å². The zero-order valence-corrected chi connectivity index (χ0v) is 10.8. The fourth-order valence-electron chi connectivity index (χ4n) is 1.64. The molecule has 19 heavy (non-hydrogen) atoms. The van der Waals surface area contributed by atoms with E-state index < -0.39 is 16.4 Å². The van der Waals surface area contributed by atoms with Crippen molar-refractivity contribution in [2.75, 3.05) is 11.9 Å². The Morgan fingerprint density at radius 1 is 1.53 bits per heavy atom. The largest absolute Gasteiger partial charge is 0.326 e. The summed E-state index contributed by atoms with van der Waals surface area (Å²) in [5, 5.41) is 16.1. The maximum atomic E-state index is 13.1. The van der Waals surface area contributed by atoms with Gasteiger partial charge in [0.15, 0.2) is 0 Å². The van der Waals surface area contributed by atoms with Crippen molar-refractivity contribution >= 4 is 17.3 Å². The van der Waals surface area contributed by atoms with Gasteiger partial charge in [-0.05, 0) is 25.6 Å². The first-order valence-corrected chi connectivity index (χ1v) is 5.91. The van der Waals surface area contributed by atoms with Gasteiger partial charge in [0, 0.05) is 24.2 Å². The van der Waals surface area contributed by atoms with Gasteiger partial charge in [-0.3, -0.25) is 14.9 Å². The number of halogens is 1. The monoisotopic (exact) mass is 269 g/mol. The van der Waals surface area contributed by atoms with Crippen molar-refractivity contribution in [1.82, 2.24) is 5.32 Å². The first-order valence-electron chi connectivity index (χ1n) is 5.91. The molecule has 2 N–H and O–H groups in total. The van der Waals surface area contributed by atoms with Crippen molar-refractivity contribution in [3.63, 3.8) is 0 Å². The predicted molar refractivity (Wildman–Crippen MR) is 69.4 cm³/mol. The van der Waals surface area contributed by atoms with Crippen LogP contribution in [0.4, 0.5) is 15.8 Å². The number of nitrogens with one attached hydrogen (secondary N) is 2. The van der Waals surface area contributed by atoms with Crippen molar-refractivity contribution in [2.45, 2.75) is 26.3 Å². The van der Waals surface area contributed by atoms with E-state index in [1.54, 1.807) is 0 Å². The number of nitro benzene ring substituents is 1. The number of anilines is 1. The number of benzene rings is 1. The van der Waals surface area contributed by atoms with E-state index in [2.05, 4.69) is 10.6 Å². The Morgan fingerprint density at radius 2 is 2.21 bits per heavy atom. The average molecular weight is 269 g/mol. The normalized spacial score (nSPS) is 11.9. The molecule has 0 aliphatic heterocycles. The van der Waals surface area contributed by atoms with E-state index in [9.17, 15) is 19.3 Å². The maximum absolute atomic E-state index is 13.1. The van der Waals surface area contributed by atoms with E-state index in [0.717, 1.165) is 18.7 Å². The van der Waals surface area contributed by atoms with Crippen LogP contribution in [0.1, 0.15) is 20.3 Å². The molecule has 0 aliphatic rings. The molecule has 1 rings (SSSR count). The van der Waals surface area contributed by atoms with Crippen LogP contribution in [0, 0.1) is 15.9 Å². The lowest BCUT2D eigenvalue weighted by Gasteiger charge is -2.12. The molecule has 1 atom stereocenters. The lowest BCUT2D eigenvalue weighted by atomic mass is 10.2. The van der Waals surface area contributed by atoms with Crippen LogP contribution in [0.15, 0.2) is 18.2 Å². The van der Waals surface area contributed by atoms with Gasteiger partial charge in [-0.15, -0.1) is 0 Å². The molecule has 0 heterocycles. The quantitative estimate of drug-likeness (QED) is 0.611. The molecule has 0 spiro atoms. The molecule has 0 saturated carbocycles. The highest BCUT2D eigenvalue weighted by Crippen LogP contribution is 2.21. The summed E-state index contributed by atoms with van der Waals surface area (Å²) >= 11 is 0. The van der Waals surface area contributed by atoms with E-state index in [1.807, 2.05) is 13.8 Å². The Bertz CT molecular complexity index is 479. The number of hydrogen-bond acceptors (Lipinski definition) is 4. The highest BCUT2D eigenvalue weighted by atomic mass is 19.1. The summed E-state index contributed by atoms with van der Waals surface area (Å²) in [5.41, 5.74) is -0.445. The van der Waals surface area contributed by atoms with Crippen LogP contribution in [-0.4, -0.2) is 23.4 Å². The molecule has 0 bridgehead atoms. The minimum absolute atomic E-state index is 0.000402. The van der Waals surface area contributed by atoms with E-state index in [4.69, 9.17) is 0 Å². The Hall–Kier alpha value is -2.02. The average Bonchev–Trinajstić information content (AvgIpc) is 2.31. The Labute approximate surface area is 110 Å². The van der Waals surface area contributed by atoms with Crippen LogP contribution in [0.3, 0.4) is 0 Å². The molecule has 0 radical (unpaired) electrons. The zero-order chi connectivity index (χ0) is 14.4. The standard InChI is InChI=1S/C12H16FN3O3/c1-3-14-8(2)6-12(17)15-9-4-5-10(13)11(7-9)16(18)19/h4-5,7-8,14H,3,6H2,1-2H3,(H,15,17). The van der Waals surface area contributed by atoms with Crippen LogP contribution < -0.4 is 10.6 Å². The van der Waals surface area contributed by atoms with E-state index in [0.29, 0.717) is 0 Å². The second-order valence-electron chi connectivity index (χ2n) is 4.13. The topological polar surface area (TPSA) is 84.3 Å². The van der Waals surface area contributed by atoms with Crippen LogP contribution in [0.25, 0.3) is 0 Å². The van der Waals surface area contributed by atoms with Crippen molar-refractivity contribution in [1.29, 1.82) is 0 Å². The molecule has 0 aromatic heterocycles. The molecule has 104 valence electrons. The fourth-order valence-corrected chi connectivity index (χ4v) is 1.64. The summed E-state index contributed by atoms with van der Waals surface area (Å²) in [7, 11) is 0. The fraction of sp³-hybridized carbons (Fsp3) is 0.417. The zero-order valence-electron chi connectivity index (χ0n) is 10.8. The first-order chi connectivity index (χ1) is 8.93. The van der Waals surface area contributed by atoms with Crippen LogP contribution in [-0.2, 0) is 4.79 Å². The molecule has 6 nitrogen and oxygen atoms in total. The number of carbonyl (C=O) groups excluding carboxylic acids is 1. The molecule has 1 aromatic carbocycles. The number of nitro groups is 1.